The highest BCUT2D eigenvalue weighted by Gasteiger charge is 2.10. The van der Waals surface area contributed by atoms with Crippen LogP contribution in [-0.4, -0.2) is 45.7 Å². The maximum absolute atomic E-state index is 4.40. The van der Waals surface area contributed by atoms with Crippen LogP contribution >= 0.6 is 0 Å². The highest BCUT2D eigenvalue weighted by atomic mass is 15.3. The van der Waals surface area contributed by atoms with Gasteiger partial charge in [0.2, 0.25) is 5.95 Å². The van der Waals surface area contributed by atoms with E-state index in [1.54, 1.807) is 4.52 Å². The molecule has 0 spiro atoms. The largest absolute Gasteiger partial charge is 0.352 e. The summed E-state index contributed by atoms with van der Waals surface area (Å²) in [6.45, 7) is 4.47. The molecule has 5 nitrogen and oxygen atoms in total. The Hall–Kier alpha value is -1.62. The van der Waals surface area contributed by atoms with Gasteiger partial charge in [0.15, 0.2) is 5.65 Å². The third kappa shape index (κ3) is 2.39. The minimum Gasteiger partial charge on any atom is -0.352 e. The Morgan fingerprint density at radius 2 is 2.12 bits per heavy atom. The molecule has 2 aromatic heterocycles. The minimum atomic E-state index is 0.718. The normalized spacial score (nSPS) is 16.7. The first kappa shape index (κ1) is 10.5. The number of hydrogen-bond acceptors (Lipinski definition) is 4. The number of hydrogen-bond donors (Lipinski definition) is 1. The summed E-state index contributed by atoms with van der Waals surface area (Å²) in [4.78, 5) is 6.87. The molecular formula is C12H17N5. The van der Waals surface area contributed by atoms with E-state index in [2.05, 4.69) is 20.3 Å². The van der Waals surface area contributed by atoms with E-state index < -0.39 is 0 Å². The third-order valence-electron chi connectivity index (χ3n) is 3.15. The van der Waals surface area contributed by atoms with Crippen molar-refractivity contribution in [1.82, 2.24) is 19.5 Å². The predicted molar refractivity (Wildman–Crippen MR) is 67.2 cm³/mol. The van der Waals surface area contributed by atoms with E-state index in [1.807, 2.05) is 24.4 Å². The molecule has 0 radical (unpaired) electrons. The monoisotopic (exact) mass is 231 g/mol. The Balaban J connectivity index is 1.57. The molecule has 0 amide bonds. The summed E-state index contributed by atoms with van der Waals surface area (Å²) < 4.78 is 1.79. The van der Waals surface area contributed by atoms with Crippen LogP contribution in [-0.2, 0) is 0 Å². The maximum atomic E-state index is 4.40. The van der Waals surface area contributed by atoms with Crippen LogP contribution in [0.3, 0.4) is 0 Å². The lowest BCUT2D eigenvalue weighted by Crippen LogP contribution is -2.26. The molecule has 2 aromatic rings. The van der Waals surface area contributed by atoms with Crippen molar-refractivity contribution in [2.45, 2.75) is 12.8 Å². The lowest BCUT2D eigenvalue weighted by atomic mass is 10.4. The van der Waals surface area contributed by atoms with Gasteiger partial charge in [-0.3, -0.25) is 0 Å². The summed E-state index contributed by atoms with van der Waals surface area (Å²) in [5, 5.41) is 7.63. The number of nitrogens with zero attached hydrogens (tertiary/aromatic N) is 4. The van der Waals surface area contributed by atoms with Gasteiger partial charge in [0.1, 0.15) is 0 Å². The molecular weight excluding hydrogens is 214 g/mol. The number of fused-ring (bicyclic) bond motifs is 1. The van der Waals surface area contributed by atoms with Crippen molar-refractivity contribution in [3.05, 3.63) is 24.4 Å². The molecule has 0 aromatic carbocycles. The zero-order valence-electron chi connectivity index (χ0n) is 9.84. The summed E-state index contributed by atoms with van der Waals surface area (Å²) in [7, 11) is 0. The molecule has 0 aliphatic carbocycles. The van der Waals surface area contributed by atoms with Crippen molar-refractivity contribution in [2.75, 3.05) is 31.5 Å². The van der Waals surface area contributed by atoms with Gasteiger partial charge >= 0.3 is 0 Å². The van der Waals surface area contributed by atoms with E-state index in [4.69, 9.17) is 0 Å². The Kier molecular flexibility index (Phi) is 2.92. The molecule has 0 saturated carbocycles. The van der Waals surface area contributed by atoms with Crippen LogP contribution in [0, 0.1) is 0 Å². The predicted octanol–water partition coefficient (Wildman–Crippen LogP) is 1.24. The summed E-state index contributed by atoms with van der Waals surface area (Å²) in [6, 6.07) is 5.88. The molecule has 90 valence electrons. The number of likely N-dealkylation sites (tertiary alicyclic amines) is 1. The van der Waals surface area contributed by atoms with Crippen LogP contribution < -0.4 is 5.32 Å². The molecule has 0 unspecified atom stereocenters. The fraction of sp³-hybridized carbons (Fsp3) is 0.500. The topological polar surface area (TPSA) is 45.5 Å². The van der Waals surface area contributed by atoms with E-state index in [0.29, 0.717) is 0 Å². The van der Waals surface area contributed by atoms with Crippen molar-refractivity contribution >= 4 is 11.6 Å². The van der Waals surface area contributed by atoms with Crippen LogP contribution in [0.1, 0.15) is 12.8 Å². The fourth-order valence-electron chi connectivity index (χ4n) is 2.24. The molecule has 1 N–H and O–H groups in total. The molecule has 1 fully saturated rings. The number of pyridine rings is 1. The van der Waals surface area contributed by atoms with Crippen LogP contribution in [0.4, 0.5) is 5.95 Å². The van der Waals surface area contributed by atoms with Crippen LogP contribution in [0.15, 0.2) is 24.4 Å². The smallest absolute Gasteiger partial charge is 0.243 e. The zero-order chi connectivity index (χ0) is 11.5. The van der Waals surface area contributed by atoms with E-state index in [-0.39, 0.29) is 0 Å². The SMILES string of the molecule is c1ccn2nc(NCCN3CCCC3)nc2c1. The Morgan fingerprint density at radius 3 is 2.94 bits per heavy atom. The van der Waals surface area contributed by atoms with Crippen LogP contribution in [0.5, 0.6) is 0 Å². The Morgan fingerprint density at radius 1 is 1.24 bits per heavy atom. The quantitative estimate of drug-likeness (QED) is 0.860. The molecule has 3 rings (SSSR count). The van der Waals surface area contributed by atoms with Gasteiger partial charge in [-0.2, -0.15) is 4.98 Å². The van der Waals surface area contributed by atoms with E-state index >= 15 is 0 Å². The lowest BCUT2D eigenvalue weighted by Gasteiger charge is -2.13. The van der Waals surface area contributed by atoms with Gasteiger partial charge in [0, 0.05) is 19.3 Å². The number of aromatic nitrogens is 3. The van der Waals surface area contributed by atoms with E-state index in [9.17, 15) is 0 Å². The van der Waals surface area contributed by atoms with Crippen LogP contribution in [0.2, 0.25) is 0 Å². The van der Waals surface area contributed by atoms with Crippen molar-refractivity contribution in [1.29, 1.82) is 0 Å². The Labute approximate surface area is 100 Å². The van der Waals surface area contributed by atoms with E-state index in [0.717, 1.165) is 24.7 Å². The second-order valence-electron chi connectivity index (χ2n) is 4.41. The molecule has 1 saturated heterocycles. The molecule has 3 heterocycles. The first-order chi connectivity index (χ1) is 8.42. The van der Waals surface area contributed by atoms with Gasteiger partial charge in [0.25, 0.3) is 0 Å². The lowest BCUT2D eigenvalue weighted by molar-refractivity contribution is 0.352. The number of nitrogens with one attached hydrogen (secondary N) is 1. The highest BCUT2D eigenvalue weighted by Crippen LogP contribution is 2.07. The van der Waals surface area contributed by atoms with Gasteiger partial charge in [-0.15, -0.1) is 5.10 Å². The third-order valence-corrected chi connectivity index (χ3v) is 3.15. The number of anilines is 1. The summed E-state index contributed by atoms with van der Waals surface area (Å²) in [5.41, 5.74) is 0.885. The fourth-order valence-corrected chi connectivity index (χ4v) is 2.24. The van der Waals surface area contributed by atoms with E-state index in [1.165, 1.54) is 25.9 Å². The average molecular weight is 231 g/mol. The molecule has 1 aliphatic rings. The average Bonchev–Trinajstić information content (AvgIpc) is 2.96. The van der Waals surface area contributed by atoms with Crippen LogP contribution in [0.25, 0.3) is 5.65 Å². The maximum Gasteiger partial charge on any atom is 0.243 e. The Bertz CT molecular complexity index is 453. The standard InChI is InChI=1S/C12H17N5/c1-2-9-17-11(5-1)14-12(15-17)13-6-10-16-7-3-4-8-16/h1-2,5,9H,3-4,6-8,10H2,(H,13,15). The first-order valence-corrected chi connectivity index (χ1v) is 6.19. The molecule has 0 bridgehead atoms. The van der Waals surface area contributed by atoms with Gasteiger partial charge < -0.3 is 10.2 Å². The summed E-state index contributed by atoms with van der Waals surface area (Å²) in [5.74, 6) is 0.718. The molecule has 5 heteroatoms. The molecule has 17 heavy (non-hydrogen) atoms. The van der Waals surface area contributed by atoms with Gasteiger partial charge in [-0.1, -0.05) is 6.07 Å². The second kappa shape index (κ2) is 4.71. The van der Waals surface area contributed by atoms with Crippen molar-refractivity contribution in [3.8, 4) is 0 Å². The summed E-state index contributed by atoms with van der Waals surface area (Å²) >= 11 is 0. The van der Waals surface area contributed by atoms with Crippen molar-refractivity contribution in [3.63, 3.8) is 0 Å². The second-order valence-corrected chi connectivity index (χ2v) is 4.41. The molecule has 0 atom stereocenters. The number of rotatable bonds is 4. The highest BCUT2D eigenvalue weighted by molar-refractivity contribution is 5.42. The van der Waals surface area contributed by atoms with Crippen molar-refractivity contribution in [2.24, 2.45) is 0 Å². The van der Waals surface area contributed by atoms with Gasteiger partial charge in [-0.05, 0) is 38.1 Å². The molecule has 1 aliphatic heterocycles. The van der Waals surface area contributed by atoms with Crippen molar-refractivity contribution < 1.29 is 0 Å². The first-order valence-electron chi connectivity index (χ1n) is 6.19. The summed E-state index contributed by atoms with van der Waals surface area (Å²) in [6.07, 6.45) is 4.59. The minimum absolute atomic E-state index is 0.718. The zero-order valence-corrected chi connectivity index (χ0v) is 9.84. The van der Waals surface area contributed by atoms with Gasteiger partial charge in [-0.25, -0.2) is 4.52 Å². The van der Waals surface area contributed by atoms with Gasteiger partial charge in [0.05, 0.1) is 0 Å².